The molecule has 10 heteroatoms. The molecule has 0 rings (SSSR count). The van der Waals surface area contributed by atoms with Crippen LogP contribution >= 0.6 is 7.82 Å². The minimum atomic E-state index is -4.72. The van der Waals surface area contributed by atoms with Crippen molar-refractivity contribution in [3.63, 3.8) is 0 Å². The SMILES string of the molecule is CC/C=C\C/C=C\C/C=C\C/C=C\C/C=C\CCCC(=O)OC(/C=C\CCCCCCCCCCCCC)C(COP(=O)([O-])OCC[N+](C)(C)C)NC(=O)CCCCCCCCCC/C=C\C/C=C\C/C=C\CCCCC. The lowest BCUT2D eigenvalue weighted by molar-refractivity contribution is -0.870. The summed E-state index contributed by atoms with van der Waals surface area (Å²) >= 11 is 0. The smallest absolute Gasteiger partial charge is 0.306 e. The third-order valence-corrected chi connectivity index (χ3v) is 14.2. The van der Waals surface area contributed by atoms with Crippen LogP contribution in [0.4, 0.5) is 0 Å². The van der Waals surface area contributed by atoms with Gasteiger partial charge in [-0.1, -0.05) is 240 Å². The summed E-state index contributed by atoms with van der Waals surface area (Å²) in [4.78, 5) is 40.0. The molecule has 0 aliphatic rings. The van der Waals surface area contributed by atoms with Gasteiger partial charge < -0.3 is 28.5 Å². The van der Waals surface area contributed by atoms with Crippen LogP contribution in [0.15, 0.2) is 109 Å². The van der Waals surface area contributed by atoms with Gasteiger partial charge in [0.2, 0.25) is 5.91 Å². The summed E-state index contributed by atoms with van der Waals surface area (Å²) in [5, 5.41) is 3.01. The number of esters is 1. The van der Waals surface area contributed by atoms with Crippen molar-refractivity contribution in [2.24, 2.45) is 0 Å². The van der Waals surface area contributed by atoms with Crippen molar-refractivity contribution >= 4 is 19.7 Å². The zero-order chi connectivity index (χ0) is 56.4. The van der Waals surface area contributed by atoms with Crippen LogP contribution in [0.5, 0.6) is 0 Å². The number of carbonyl (C=O) groups is 2. The van der Waals surface area contributed by atoms with E-state index in [1.54, 1.807) is 0 Å². The number of nitrogens with one attached hydrogen (secondary N) is 1. The number of allylic oxidation sites excluding steroid dienone is 17. The molecule has 0 heterocycles. The summed E-state index contributed by atoms with van der Waals surface area (Å²) in [6, 6.07) is -0.922. The van der Waals surface area contributed by atoms with Crippen molar-refractivity contribution in [3.8, 4) is 0 Å². The molecule has 0 saturated heterocycles. The second-order valence-electron chi connectivity index (χ2n) is 21.8. The van der Waals surface area contributed by atoms with Gasteiger partial charge in [-0.2, -0.15) is 0 Å². The minimum Gasteiger partial charge on any atom is -0.756 e. The van der Waals surface area contributed by atoms with E-state index in [1.807, 2.05) is 33.3 Å². The summed E-state index contributed by atoms with van der Waals surface area (Å²) < 4.78 is 30.3. The number of nitrogens with zero attached hydrogens (tertiary/aromatic N) is 1. The standard InChI is InChI=1S/C67H117N2O7P/c1-7-10-13-16-19-22-25-28-30-32-33-34-35-37-38-41-44-47-50-53-56-59-66(70)68-64(63-75-77(72,73)74-62-61-69(4,5)6)65(58-55-52-49-46-43-40-27-24-21-18-15-12-9-3)76-67(71)60-57-54-51-48-45-42-39-36-31-29-26-23-20-17-14-11-8-2/h11,14,19-20,22-23,28-31,33-34,39,42,48,51,55,58,64-65H,7-10,12-13,15-18,21,24-27,32,35-38,40-41,43-47,49-50,52-54,56-57,59-63H2,1-6H3,(H-,68,70,72,73)/b14-11-,22-19-,23-20-,30-28-,31-29-,34-33-,42-39-,51-48-,58-55-. The Morgan fingerprint density at radius 2 is 0.844 bits per heavy atom. The van der Waals surface area contributed by atoms with E-state index in [4.69, 9.17) is 13.8 Å². The molecule has 1 N–H and O–H groups in total. The van der Waals surface area contributed by atoms with Gasteiger partial charge in [0.1, 0.15) is 19.3 Å². The Hall–Kier alpha value is -3.33. The van der Waals surface area contributed by atoms with E-state index in [1.165, 1.54) is 109 Å². The summed E-state index contributed by atoms with van der Waals surface area (Å²) in [6.07, 6.45) is 76.3. The lowest BCUT2D eigenvalue weighted by Crippen LogP contribution is -2.47. The van der Waals surface area contributed by atoms with E-state index in [9.17, 15) is 19.0 Å². The maximum atomic E-state index is 13.5. The number of rotatable bonds is 55. The Bertz CT molecular complexity index is 1690. The molecule has 0 aromatic rings. The number of amides is 1. The number of quaternary nitrogens is 1. The van der Waals surface area contributed by atoms with Gasteiger partial charge in [0, 0.05) is 12.8 Å². The second-order valence-corrected chi connectivity index (χ2v) is 23.2. The normalized spacial score (nSPS) is 14.4. The third kappa shape index (κ3) is 57.2. The van der Waals surface area contributed by atoms with Crippen molar-refractivity contribution in [1.82, 2.24) is 5.32 Å². The molecule has 0 bridgehead atoms. The zero-order valence-electron chi connectivity index (χ0n) is 50.4. The average molecular weight is 1090 g/mol. The molecule has 0 aromatic carbocycles. The lowest BCUT2D eigenvalue weighted by atomic mass is 10.0. The molecule has 0 spiro atoms. The summed E-state index contributed by atoms with van der Waals surface area (Å²) in [7, 11) is 1.14. The molecular weight excluding hydrogens is 976 g/mol. The molecule has 0 aliphatic heterocycles. The van der Waals surface area contributed by atoms with E-state index in [0.717, 1.165) is 103 Å². The van der Waals surface area contributed by atoms with Crippen LogP contribution in [0.2, 0.25) is 0 Å². The highest BCUT2D eigenvalue weighted by molar-refractivity contribution is 7.45. The van der Waals surface area contributed by atoms with Gasteiger partial charge in [0.15, 0.2) is 0 Å². The van der Waals surface area contributed by atoms with Crippen LogP contribution in [-0.2, 0) is 27.9 Å². The number of ether oxygens (including phenoxy) is 1. The molecular formula is C67H117N2O7P. The Kier molecular flexibility index (Phi) is 53.5. The van der Waals surface area contributed by atoms with Crippen LogP contribution in [0.3, 0.4) is 0 Å². The maximum absolute atomic E-state index is 13.5. The van der Waals surface area contributed by atoms with E-state index in [-0.39, 0.29) is 18.9 Å². The fraction of sp³-hybridized carbons (Fsp3) is 0.701. The molecule has 3 unspecified atom stereocenters. The first-order valence-electron chi connectivity index (χ1n) is 31.2. The molecule has 3 atom stereocenters. The van der Waals surface area contributed by atoms with Crippen LogP contribution < -0.4 is 10.2 Å². The highest BCUT2D eigenvalue weighted by atomic mass is 31.2. The highest BCUT2D eigenvalue weighted by Crippen LogP contribution is 2.38. The monoisotopic (exact) mass is 1090 g/mol. The van der Waals surface area contributed by atoms with Crippen LogP contribution in [-0.4, -0.2) is 69.4 Å². The largest absolute Gasteiger partial charge is 0.756 e. The quantitative estimate of drug-likeness (QED) is 0.0212. The predicted octanol–water partition coefficient (Wildman–Crippen LogP) is 18.7. The Balaban J connectivity index is 5.37. The zero-order valence-corrected chi connectivity index (χ0v) is 51.3. The average Bonchev–Trinajstić information content (AvgIpc) is 3.39. The first-order valence-corrected chi connectivity index (χ1v) is 32.7. The minimum absolute atomic E-state index is 0.0380. The van der Waals surface area contributed by atoms with Crippen LogP contribution in [0.1, 0.15) is 252 Å². The number of phosphoric acid groups is 1. The Morgan fingerprint density at radius 1 is 0.468 bits per heavy atom. The van der Waals surface area contributed by atoms with Gasteiger partial charge in [-0.05, 0) is 109 Å². The molecule has 442 valence electrons. The predicted molar refractivity (Wildman–Crippen MR) is 330 cm³/mol. The number of hydrogen-bond acceptors (Lipinski definition) is 7. The fourth-order valence-corrected chi connectivity index (χ4v) is 9.11. The van der Waals surface area contributed by atoms with Gasteiger partial charge in [0.05, 0.1) is 33.8 Å². The third-order valence-electron chi connectivity index (χ3n) is 13.2. The highest BCUT2D eigenvalue weighted by Gasteiger charge is 2.27. The first-order chi connectivity index (χ1) is 37.4. The van der Waals surface area contributed by atoms with Gasteiger partial charge in [-0.25, -0.2) is 0 Å². The van der Waals surface area contributed by atoms with E-state index in [2.05, 4.69) is 123 Å². The molecule has 0 fully saturated rings. The first kappa shape index (κ1) is 73.7. The lowest BCUT2D eigenvalue weighted by Gasteiger charge is -2.30. The molecule has 0 aromatic heterocycles. The van der Waals surface area contributed by atoms with E-state index >= 15 is 0 Å². The second kappa shape index (κ2) is 56.0. The fourth-order valence-electron chi connectivity index (χ4n) is 8.39. The number of unbranched alkanes of at least 4 members (excludes halogenated alkanes) is 23. The van der Waals surface area contributed by atoms with E-state index in [0.29, 0.717) is 23.9 Å². The summed E-state index contributed by atoms with van der Waals surface area (Å²) in [6.45, 7) is 6.65. The van der Waals surface area contributed by atoms with Gasteiger partial charge >= 0.3 is 5.97 Å². The van der Waals surface area contributed by atoms with Crippen LogP contribution in [0, 0.1) is 0 Å². The molecule has 9 nitrogen and oxygen atoms in total. The van der Waals surface area contributed by atoms with Gasteiger partial charge in [-0.3, -0.25) is 14.2 Å². The van der Waals surface area contributed by atoms with Gasteiger partial charge in [-0.15, -0.1) is 0 Å². The van der Waals surface area contributed by atoms with Crippen LogP contribution in [0.25, 0.3) is 0 Å². The van der Waals surface area contributed by atoms with Crippen molar-refractivity contribution in [3.05, 3.63) is 109 Å². The topological polar surface area (TPSA) is 114 Å². The Labute approximate surface area is 474 Å². The molecule has 77 heavy (non-hydrogen) atoms. The van der Waals surface area contributed by atoms with Crippen molar-refractivity contribution < 1.29 is 37.3 Å². The number of phosphoric ester groups is 1. The molecule has 1 amide bonds. The van der Waals surface area contributed by atoms with Crippen molar-refractivity contribution in [2.75, 3.05) is 40.9 Å². The molecule has 0 saturated carbocycles. The molecule has 0 radical (unpaired) electrons. The number of likely N-dealkylation sites (N-methyl/N-ethyl adjacent to an activating group) is 1. The Morgan fingerprint density at radius 3 is 1.30 bits per heavy atom. The van der Waals surface area contributed by atoms with Crippen molar-refractivity contribution in [2.45, 2.75) is 264 Å². The van der Waals surface area contributed by atoms with Crippen molar-refractivity contribution in [1.29, 1.82) is 0 Å². The molecule has 0 aliphatic carbocycles. The number of carbonyl (C=O) groups excluding carboxylic acids is 2. The maximum Gasteiger partial charge on any atom is 0.306 e. The summed E-state index contributed by atoms with van der Waals surface area (Å²) in [5.41, 5.74) is 0. The van der Waals surface area contributed by atoms with Gasteiger partial charge in [0.25, 0.3) is 7.82 Å². The van der Waals surface area contributed by atoms with E-state index < -0.39 is 32.5 Å². The number of hydrogen-bond donors (Lipinski definition) is 1. The summed E-state index contributed by atoms with van der Waals surface area (Å²) in [5.74, 6) is -0.622.